The number of benzene rings is 1. The molecule has 1 rings (SSSR count). The Hall–Kier alpha value is -4.04. The highest BCUT2D eigenvalue weighted by Gasteiger charge is 2.33. The monoisotopic (exact) mass is 524 g/mol. The van der Waals surface area contributed by atoms with Gasteiger partial charge in [0, 0.05) is 19.3 Å². The minimum Gasteiger partial charge on any atom is -0.481 e. The van der Waals surface area contributed by atoms with Gasteiger partial charge in [-0.2, -0.15) is 0 Å². The second-order valence-corrected chi connectivity index (χ2v) is 8.35. The van der Waals surface area contributed by atoms with E-state index in [1.807, 2.05) is 0 Å². The molecule has 0 saturated heterocycles. The molecule has 0 saturated carbocycles. The summed E-state index contributed by atoms with van der Waals surface area (Å²) < 4.78 is 0. The van der Waals surface area contributed by atoms with Crippen LogP contribution < -0.4 is 21.7 Å². The number of aliphatic hydroxyl groups excluding tert-OH is 1. The van der Waals surface area contributed by atoms with Gasteiger partial charge in [0.25, 0.3) is 0 Å². The number of hydrogen-bond acceptors (Lipinski definition) is 8. The Kier molecular flexibility index (Phi) is 12.7. The highest BCUT2D eigenvalue weighted by atomic mass is 16.4. The van der Waals surface area contributed by atoms with Crippen LogP contribution in [0, 0.1) is 0 Å². The van der Waals surface area contributed by atoms with Crippen molar-refractivity contribution in [3.05, 3.63) is 35.9 Å². The van der Waals surface area contributed by atoms with E-state index < -0.39 is 78.7 Å². The van der Waals surface area contributed by atoms with Crippen LogP contribution in [0.4, 0.5) is 0 Å². The predicted molar refractivity (Wildman–Crippen MR) is 127 cm³/mol. The fourth-order valence-electron chi connectivity index (χ4n) is 3.19. The Morgan fingerprint density at radius 2 is 1.32 bits per heavy atom. The summed E-state index contributed by atoms with van der Waals surface area (Å²) in [6.45, 7) is 1.17. The normalized spacial score (nSPS) is 14.8. The molecule has 14 heteroatoms. The molecule has 0 fully saturated rings. The van der Waals surface area contributed by atoms with Gasteiger partial charge in [0.05, 0.1) is 12.1 Å². The summed E-state index contributed by atoms with van der Waals surface area (Å²) in [5.41, 5.74) is 6.35. The van der Waals surface area contributed by atoms with Gasteiger partial charge >= 0.3 is 17.9 Å². The largest absolute Gasteiger partial charge is 0.481 e. The molecule has 14 nitrogen and oxygen atoms in total. The summed E-state index contributed by atoms with van der Waals surface area (Å²) in [6, 6.07) is 2.72. The number of rotatable bonds is 16. The van der Waals surface area contributed by atoms with Gasteiger partial charge in [-0.3, -0.25) is 24.0 Å². The second kappa shape index (κ2) is 15.2. The summed E-state index contributed by atoms with van der Waals surface area (Å²) >= 11 is 0. The average molecular weight is 525 g/mol. The van der Waals surface area contributed by atoms with Crippen molar-refractivity contribution in [3.63, 3.8) is 0 Å². The van der Waals surface area contributed by atoms with Crippen molar-refractivity contribution in [1.82, 2.24) is 16.0 Å². The van der Waals surface area contributed by atoms with E-state index in [2.05, 4.69) is 16.0 Å². The van der Waals surface area contributed by atoms with Gasteiger partial charge in [-0.1, -0.05) is 30.3 Å². The molecule has 0 radical (unpaired) electrons. The number of amides is 3. The van der Waals surface area contributed by atoms with Crippen LogP contribution in [-0.4, -0.2) is 86.3 Å². The molecule has 1 aromatic rings. The first kappa shape index (κ1) is 31.0. The van der Waals surface area contributed by atoms with E-state index in [1.165, 1.54) is 6.92 Å². The maximum atomic E-state index is 13.1. The van der Waals surface area contributed by atoms with Gasteiger partial charge in [-0.25, -0.2) is 4.79 Å². The Labute approximate surface area is 212 Å². The third-order valence-corrected chi connectivity index (χ3v) is 5.25. The minimum atomic E-state index is -1.64. The molecule has 0 spiro atoms. The van der Waals surface area contributed by atoms with Gasteiger partial charge in [-0.05, 0) is 25.3 Å². The van der Waals surface area contributed by atoms with Crippen LogP contribution in [0.5, 0.6) is 0 Å². The minimum absolute atomic E-state index is 0.0470. The van der Waals surface area contributed by atoms with Gasteiger partial charge in [0.2, 0.25) is 17.7 Å². The first-order valence-electron chi connectivity index (χ1n) is 11.4. The lowest BCUT2D eigenvalue weighted by Crippen LogP contribution is -2.60. The molecule has 0 aromatic heterocycles. The third kappa shape index (κ3) is 11.5. The van der Waals surface area contributed by atoms with Crippen LogP contribution in [-0.2, 0) is 35.2 Å². The lowest BCUT2D eigenvalue weighted by atomic mass is 10.0. The number of nitrogens with two attached hydrogens (primary N) is 1. The standard InChI is InChI=1S/C23H32N4O10/c1-12(28)19(22(35)25-15(23(36)37)8-10-18(31)32)27-21(34)16(11-13-5-3-2-4-6-13)26-20(33)14(24)7-9-17(29)30/h2-6,12,14-16,19,28H,7-11,24H2,1H3,(H,25,35)(H,26,33)(H,27,34)(H,29,30)(H,31,32)(H,36,37). The smallest absolute Gasteiger partial charge is 0.326 e. The van der Waals surface area contributed by atoms with Crippen LogP contribution >= 0.6 is 0 Å². The lowest BCUT2D eigenvalue weighted by molar-refractivity contribution is -0.144. The first-order chi connectivity index (χ1) is 17.3. The fraction of sp³-hybridized carbons (Fsp3) is 0.478. The molecule has 0 aliphatic rings. The van der Waals surface area contributed by atoms with Gasteiger partial charge < -0.3 is 42.1 Å². The summed E-state index contributed by atoms with van der Waals surface area (Å²) in [5.74, 6) is -6.73. The molecular weight excluding hydrogens is 492 g/mol. The quantitative estimate of drug-likeness (QED) is 0.120. The van der Waals surface area contributed by atoms with E-state index in [-0.39, 0.29) is 19.3 Å². The van der Waals surface area contributed by atoms with Crippen molar-refractivity contribution >= 4 is 35.6 Å². The van der Waals surface area contributed by atoms with Gasteiger partial charge in [0.1, 0.15) is 18.1 Å². The first-order valence-corrected chi connectivity index (χ1v) is 11.4. The van der Waals surface area contributed by atoms with Crippen LogP contribution in [0.1, 0.15) is 38.2 Å². The zero-order valence-corrected chi connectivity index (χ0v) is 20.1. The SMILES string of the molecule is CC(O)C(NC(=O)C(Cc1ccccc1)NC(=O)C(N)CCC(=O)O)C(=O)NC(CCC(=O)O)C(=O)O. The van der Waals surface area contributed by atoms with Crippen molar-refractivity contribution in [3.8, 4) is 0 Å². The van der Waals surface area contributed by atoms with E-state index in [0.717, 1.165) is 0 Å². The number of aliphatic carboxylic acids is 3. The third-order valence-electron chi connectivity index (χ3n) is 5.25. The number of hydrogen-bond donors (Lipinski definition) is 8. The van der Waals surface area contributed by atoms with Crippen LogP contribution in [0.25, 0.3) is 0 Å². The topological polar surface area (TPSA) is 245 Å². The number of carboxylic acids is 3. The molecule has 0 aliphatic carbocycles. The maximum Gasteiger partial charge on any atom is 0.326 e. The summed E-state index contributed by atoms with van der Waals surface area (Å²) in [5, 5.41) is 43.7. The van der Waals surface area contributed by atoms with E-state index in [0.29, 0.717) is 5.56 Å². The zero-order chi connectivity index (χ0) is 28.1. The highest BCUT2D eigenvalue weighted by molar-refractivity contribution is 5.94. The van der Waals surface area contributed by atoms with Crippen LogP contribution in [0.2, 0.25) is 0 Å². The molecule has 1 aromatic carbocycles. The van der Waals surface area contributed by atoms with Crippen molar-refractivity contribution in [2.45, 2.75) is 69.3 Å². The Morgan fingerprint density at radius 1 is 0.784 bits per heavy atom. The van der Waals surface area contributed by atoms with Gasteiger partial charge in [0.15, 0.2) is 0 Å². The molecule has 9 N–H and O–H groups in total. The highest BCUT2D eigenvalue weighted by Crippen LogP contribution is 2.07. The molecule has 5 unspecified atom stereocenters. The molecule has 0 heterocycles. The molecule has 37 heavy (non-hydrogen) atoms. The molecule has 0 bridgehead atoms. The van der Waals surface area contributed by atoms with Crippen molar-refractivity contribution < 1.29 is 49.2 Å². The van der Waals surface area contributed by atoms with E-state index in [4.69, 9.17) is 15.9 Å². The molecule has 204 valence electrons. The van der Waals surface area contributed by atoms with E-state index >= 15 is 0 Å². The molecule has 0 aliphatic heterocycles. The summed E-state index contributed by atoms with van der Waals surface area (Å²) in [4.78, 5) is 71.2. The number of aliphatic hydroxyl groups is 1. The van der Waals surface area contributed by atoms with Crippen molar-refractivity contribution in [2.24, 2.45) is 5.73 Å². The number of carbonyl (C=O) groups excluding carboxylic acids is 3. The molecule has 5 atom stereocenters. The second-order valence-electron chi connectivity index (χ2n) is 8.35. The van der Waals surface area contributed by atoms with Crippen molar-refractivity contribution in [1.29, 1.82) is 0 Å². The Bertz CT molecular complexity index is 970. The summed E-state index contributed by atoms with van der Waals surface area (Å²) in [7, 11) is 0. The molecular formula is C23H32N4O10. The maximum absolute atomic E-state index is 13.1. The number of carboxylic acid groups (broad SMARTS) is 3. The number of carbonyl (C=O) groups is 6. The molecule has 3 amide bonds. The summed E-state index contributed by atoms with van der Waals surface area (Å²) in [6.07, 6.45) is -3.08. The van der Waals surface area contributed by atoms with E-state index in [9.17, 15) is 39.0 Å². The van der Waals surface area contributed by atoms with E-state index in [1.54, 1.807) is 30.3 Å². The Balaban J connectivity index is 3.04. The van der Waals surface area contributed by atoms with Crippen molar-refractivity contribution in [2.75, 3.05) is 0 Å². The zero-order valence-electron chi connectivity index (χ0n) is 20.1. The van der Waals surface area contributed by atoms with Gasteiger partial charge in [-0.15, -0.1) is 0 Å². The Morgan fingerprint density at radius 3 is 1.84 bits per heavy atom. The predicted octanol–water partition coefficient (Wildman–Crippen LogP) is -1.79. The van der Waals surface area contributed by atoms with Crippen LogP contribution in [0.3, 0.4) is 0 Å². The van der Waals surface area contributed by atoms with Crippen LogP contribution in [0.15, 0.2) is 30.3 Å². The number of nitrogens with one attached hydrogen (secondary N) is 3. The average Bonchev–Trinajstić information content (AvgIpc) is 2.82. The lowest BCUT2D eigenvalue weighted by Gasteiger charge is -2.26. The fourth-order valence-corrected chi connectivity index (χ4v) is 3.19.